The van der Waals surface area contributed by atoms with E-state index < -0.39 is 0 Å². The minimum absolute atomic E-state index is 0.245. The number of amides is 1. The number of hydrogen-bond donors (Lipinski definition) is 1. The quantitative estimate of drug-likeness (QED) is 0.885. The van der Waals surface area contributed by atoms with Gasteiger partial charge >= 0.3 is 0 Å². The predicted octanol–water partition coefficient (Wildman–Crippen LogP) is 3.58. The van der Waals surface area contributed by atoms with E-state index in [9.17, 15) is 4.79 Å². The summed E-state index contributed by atoms with van der Waals surface area (Å²) < 4.78 is 0. The van der Waals surface area contributed by atoms with Crippen LogP contribution in [0, 0.1) is 13.8 Å². The first-order chi connectivity index (χ1) is 11.0. The van der Waals surface area contributed by atoms with Crippen molar-refractivity contribution in [3.8, 4) is 0 Å². The molecule has 0 aliphatic heterocycles. The summed E-state index contributed by atoms with van der Waals surface area (Å²) >= 11 is 0. The third-order valence-corrected chi connectivity index (χ3v) is 3.60. The molecule has 5 nitrogen and oxygen atoms in total. The summed E-state index contributed by atoms with van der Waals surface area (Å²) in [6.45, 7) is 7.09. The molecule has 23 heavy (non-hydrogen) atoms. The summed E-state index contributed by atoms with van der Waals surface area (Å²) in [6.07, 6.45) is 2.24. The maximum absolute atomic E-state index is 12.3. The third kappa shape index (κ3) is 4.77. The SMILES string of the molecule is CCCCN(C)c1ccc(C(=O)Nc2cc(C)cc(C)c2)nn1. The van der Waals surface area contributed by atoms with Crippen LogP contribution < -0.4 is 10.2 Å². The molecule has 2 rings (SSSR count). The van der Waals surface area contributed by atoms with E-state index in [2.05, 4.69) is 28.5 Å². The van der Waals surface area contributed by atoms with Crippen molar-refractivity contribution in [2.45, 2.75) is 33.6 Å². The number of benzene rings is 1. The molecule has 5 heteroatoms. The van der Waals surface area contributed by atoms with Crippen molar-refractivity contribution in [1.82, 2.24) is 10.2 Å². The largest absolute Gasteiger partial charge is 0.358 e. The standard InChI is InChI=1S/C18H24N4O/c1-5-6-9-22(4)17-8-7-16(20-21-17)18(23)19-15-11-13(2)10-14(3)12-15/h7-8,10-12H,5-6,9H2,1-4H3,(H,19,23). The number of aryl methyl sites for hydroxylation is 2. The molecule has 0 bridgehead atoms. The monoisotopic (exact) mass is 312 g/mol. The van der Waals surface area contributed by atoms with Gasteiger partial charge in [0, 0.05) is 19.3 Å². The van der Waals surface area contributed by atoms with Crippen LogP contribution in [0.3, 0.4) is 0 Å². The first-order valence-corrected chi connectivity index (χ1v) is 7.94. The van der Waals surface area contributed by atoms with Crippen LogP contribution in [0.4, 0.5) is 11.5 Å². The van der Waals surface area contributed by atoms with Crippen LogP contribution >= 0.6 is 0 Å². The molecular weight excluding hydrogens is 288 g/mol. The van der Waals surface area contributed by atoms with Crippen molar-refractivity contribution in [1.29, 1.82) is 0 Å². The highest BCUT2D eigenvalue weighted by molar-refractivity contribution is 6.02. The molecule has 122 valence electrons. The van der Waals surface area contributed by atoms with Gasteiger partial charge in [-0.3, -0.25) is 4.79 Å². The van der Waals surface area contributed by atoms with Crippen molar-refractivity contribution in [2.75, 3.05) is 23.8 Å². The van der Waals surface area contributed by atoms with E-state index in [1.807, 2.05) is 44.0 Å². The number of aromatic nitrogens is 2. The minimum Gasteiger partial charge on any atom is -0.358 e. The van der Waals surface area contributed by atoms with Gasteiger partial charge in [-0.25, -0.2) is 0 Å². The fourth-order valence-electron chi connectivity index (χ4n) is 2.40. The molecule has 0 aliphatic carbocycles. The summed E-state index contributed by atoms with van der Waals surface area (Å²) in [7, 11) is 1.98. The Kier molecular flexibility index (Phi) is 5.68. The molecule has 0 saturated carbocycles. The Balaban J connectivity index is 2.05. The van der Waals surface area contributed by atoms with Crippen molar-refractivity contribution < 1.29 is 4.79 Å². The lowest BCUT2D eigenvalue weighted by Gasteiger charge is -2.16. The van der Waals surface area contributed by atoms with Gasteiger partial charge < -0.3 is 10.2 Å². The fraction of sp³-hybridized carbons (Fsp3) is 0.389. The van der Waals surface area contributed by atoms with Crippen molar-refractivity contribution in [3.05, 3.63) is 47.2 Å². The van der Waals surface area contributed by atoms with Gasteiger partial charge in [-0.2, -0.15) is 0 Å². The van der Waals surface area contributed by atoms with Crippen LogP contribution in [0.1, 0.15) is 41.4 Å². The zero-order valence-corrected chi connectivity index (χ0v) is 14.3. The maximum atomic E-state index is 12.3. The van der Waals surface area contributed by atoms with Crippen LogP contribution in [0.25, 0.3) is 0 Å². The fourth-order valence-corrected chi connectivity index (χ4v) is 2.40. The van der Waals surface area contributed by atoms with E-state index in [1.165, 1.54) is 0 Å². The predicted molar refractivity (Wildman–Crippen MR) is 94.1 cm³/mol. The van der Waals surface area contributed by atoms with Crippen LogP contribution in [0.2, 0.25) is 0 Å². The van der Waals surface area contributed by atoms with E-state index in [1.54, 1.807) is 6.07 Å². The van der Waals surface area contributed by atoms with Crippen molar-refractivity contribution >= 4 is 17.4 Å². The highest BCUT2D eigenvalue weighted by Gasteiger charge is 2.10. The number of carbonyl (C=O) groups is 1. The summed E-state index contributed by atoms with van der Waals surface area (Å²) in [5.41, 5.74) is 3.31. The first kappa shape index (κ1) is 16.9. The average Bonchev–Trinajstić information content (AvgIpc) is 2.51. The zero-order chi connectivity index (χ0) is 16.8. The Hall–Kier alpha value is -2.43. The smallest absolute Gasteiger partial charge is 0.276 e. The van der Waals surface area contributed by atoms with Gasteiger partial charge in [0.2, 0.25) is 0 Å². The zero-order valence-electron chi connectivity index (χ0n) is 14.3. The molecule has 1 aromatic carbocycles. The lowest BCUT2D eigenvalue weighted by Crippen LogP contribution is -2.21. The highest BCUT2D eigenvalue weighted by Crippen LogP contribution is 2.15. The van der Waals surface area contributed by atoms with Crippen molar-refractivity contribution in [2.24, 2.45) is 0 Å². The molecule has 1 heterocycles. The molecule has 0 unspecified atom stereocenters. The van der Waals surface area contributed by atoms with Crippen LogP contribution in [0.5, 0.6) is 0 Å². The highest BCUT2D eigenvalue weighted by atomic mass is 16.1. The lowest BCUT2D eigenvalue weighted by molar-refractivity contribution is 0.102. The maximum Gasteiger partial charge on any atom is 0.276 e. The summed E-state index contributed by atoms with van der Waals surface area (Å²) in [5.74, 6) is 0.534. The molecule has 1 N–H and O–H groups in total. The minimum atomic E-state index is -0.245. The molecule has 0 aliphatic rings. The molecule has 0 spiro atoms. The number of nitrogens with zero attached hydrogens (tertiary/aromatic N) is 3. The molecule has 1 aromatic heterocycles. The molecule has 0 saturated heterocycles. The van der Waals surface area contributed by atoms with E-state index >= 15 is 0 Å². The topological polar surface area (TPSA) is 58.1 Å². The van der Waals surface area contributed by atoms with E-state index in [4.69, 9.17) is 0 Å². The number of rotatable bonds is 6. The summed E-state index contributed by atoms with van der Waals surface area (Å²) in [6, 6.07) is 9.48. The Bertz CT molecular complexity index is 647. The van der Waals surface area contributed by atoms with E-state index in [0.29, 0.717) is 5.69 Å². The van der Waals surface area contributed by atoms with Gasteiger partial charge in [-0.1, -0.05) is 19.4 Å². The van der Waals surface area contributed by atoms with E-state index in [0.717, 1.165) is 42.0 Å². The summed E-state index contributed by atoms with van der Waals surface area (Å²) in [4.78, 5) is 14.3. The van der Waals surface area contributed by atoms with Gasteiger partial charge in [-0.05, 0) is 55.7 Å². The van der Waals surface area contributed by atoms with Gasteiger partial charge in [0.1, 0.15) is 0 Å². The second kappa shape index (κ2) is 7.72. The molecule has 0 fully saturated rings. The van der Waals surface area contributed by atoms with Gasteiger partial charge in [0.25, 0.3) is 5.91 Å². The Morgan fingerprint density at radius 1 is 1.13 bits per heavy atom. The Labute approximate surface area is 137 Å². The Morgan fingerprint density at radius 2 is 1.83 bits per heavy atom. The van der Waals surface area contributed by atoms with Gasteiger partial charge in [0.15, 0.2) is 11.5 Å². The Morgan fingerprint density at radius 3 is 2.39 bits per heavy atom. The van der Waals surface area contributed by atoms with Crippen LogP contribution in [-0.2, 0) is 0 Å². The molecule has 0 radical (unpaired) electrons. The number of anilines is 2. The number of carbonyl (C=O) groups excluding carboxylic acids is 1. The molecule has 0 atom stereocenters. The summed E-state index contributed by atoms with van der Waals surface area (Å²) in [5, 5.41) is 11.1. The first-order valence-electron chi connectivity index (χ1n) is 7.94. The normalized spacial score (nSPS) is 10.4. The lowest BCUT2D eigenvalue weighted by atomic mass is 10.1. The number of unbranched alkanes of at least 4 members (excludes halogenated alkanes) is 1. The molecule has 1 amide bonds. The van der Waals surface area contributed by atoms with Crippen molar-refractivity contribution in [3.63, 3.8) is 0 Å². The number of nitrogens with one attached hydrogen (secondary N) is 1. The molecular formula is C18H24N4O. The number of hydrogen-bond acceptors (Lipinski definition) is 4. The third-order valence-electron chi connectivity index (χ3n) is 3.60. The van der Waals surface area contributed by atoms with Gasteiger partial charge in [-0.15, -0.1) is 10.2 Å². The van der Waals surface area contributed by atoms with Gasteiger partial charge in [0.05, 0.1) is 0 Å². The second-order valence-corrected chi connectivity index (χ2v) is 5.88. The van der Waals surface area contributed by atoms with Crippen LogP contribution in [-0.4, -0.2) is 29.7 Å². The second-order valence-electron chi connectivity index (χ2n) is 5.88. The average molecular weight is 312 g/mol. The van der Waals surface area contributed by atoms with E-state index in [-0.39, 0.29) is 5.91 Å². The van der Waals surface area contributed by atoms with Crippen LogP contribution in [0.15, 0.2) is 30.3 Å². The molecule has 2 aromatic rings.